The van der Waals surface area contributed by atoms with Crippen LogP contribution in [0.15, 0.2) is 12.1 Å². The van der Waals surface area contributed by atoms with Crippen molar-refractivity contribution >= 4 is 5.69 Å². The lowest BCUT2D eigenvalue weighted by Crippen LogP contribution is -2.53. The van der Waals surface area contributed by atoms with E-state index in [4.69, 9.17) is 0 Å². The van der Waals surface area contributed by atoms with Crippen LogP contribution in [0, 0.1) is 17.5 Å². The van der Waals surface area contributed by atoms with Gasteiger partial charge in [-0.2, -0.15) is 0 Å². The average Bonchev–Trinajstić information content (AvgIpc) is 2.35. The van der Waals surface area contributed by atoms with Gasteiger partial charge in [0.05, 0.1) is 5.69 Å². The molecule has 5 heteroatoms. The Morgan fingerprint density at radius 2 is 1.47 bits per heavy atom. The maximum atomic E-state index is 13.7. The summed E-state index contributed by atoms with van der Waals surface area (Å²) in [5.41, 5.74) is 0.214. The molecule has 0 amide bonds. The Kier molecular flexibility index (Phi) is 3.76. The summed E-state index contributed by atoms with van der Waals surface area (Å²) in [6.45, 7) is 9.16. The second-order valence-corrected chi connectivity index (χ2v) is 5.84. The Balaban J connectivity index is 2.12. The molecule has 2 rings (SSSR count). The number of rotatable bonds is 1. The summed E-state index contributed by atoms with van der Waals surface area (Å²) in [5.74, 6) is -3.63. The lowest BCUT2D eigenvalue weighted by molar-refractivity contribution is 0.128. The van der Waals surface area contributed by atoms with Gasteiger partial charge in [-0.25, -0.2) is 13.2 Å². The molecule has 0 N–H and O–H groups in total. The normalized spacial score (nSPS) is 17.9. The van der Waals surface area contributed by atoms with Gasteiger partial charge in [-0.15, -0.1) is 0 Å². The van der Waals surface area contributed by atoms with E-state index >= 15 is 0 Å². The van der Waals surface area contributed by atoms with Gasteiger partial charge in [-0.3, -0.25) is 4.90 Å². The lowest BCUT2D eigenvalue weighted by atomic mass is 10.0. The molecule has 0 aromatic heterocycles. The second kappa shape index (κ2) is 5.04. The fourth-order valence-corrected chi connectivity index (χ4v) is 2.38. The van der Waals surface area contributed by atoms with E-state index in [0.29, 0.717) is 13.1 Å². The van der Waals surface area contributed by atoms with Crippen molar-refractivity contribution < 1.29 is 13.2 Å². The number of benzene rings is 1. The van der Waals surface area contributed by atoms with Crippen LogP contribution >= 0.6 is 0 Å². The van der Waals surface area contributed by atoms with Crippen LogP contribution in [0.2, 0.25) is 0 Å². The van der Waals surface area contributed by atoms with Crippen LogP contribution in [0.4, 0.5) is 18.9 Å². The van der Waals surface area contributed by atoms with Crippen LogP contribution < -0.4 is 4.90 Å². The third kappa shape index (κ3) is 2.86. The van der Waals surface area contributed by atoms with Gasteiger partial charge in [-0.05, 0) is 32.9 Å². The summed E-state index contributed by atoms with van der Waals surface area (Å²) in [4.78, 5) is 4.06. The van der Waals surface area contributed by atoms with Gasteiger partial charge in [0, 0.05) is 31.7 Å². The molecule has 106 valence electrons. The van der Waals surface area contributed by atoms with Crippen molar-refractivity contribution in [2.45, 2.75) is 26.3 Å². The minimum absolute atomic E-state index is 0.0681. The number of hydrogen-bond acceptors (Lipinski definition) is 2. The molecule has 0 saturated carbocycles. The highest BCUT2D eigenvalue weighted by Crippen LogP contribution is 2.26. The number of halogens is 3. The quantitative estimate of drug-likeness (QED) is 0.725. The van der Waals surface area contributed by atoms with Crippen LogP contribution in [-0.4, -0.2) is 36.6 Å². The molecule has 1 heterocycles. The summed E-state index contributed by atoms with van der Waals surface area (Å²) in [6, 6.07) is 2.28. The minimum Gasteiger partial charge on any atom is -0.367 e. The van der Waals surface area contributed by atoms with Crippen molar-refractivity contribution in [1.29, 1.82) is 0 Å². The Hall–Kier alpha value is -1.23. The monoisotopic (exact) mass is 272 g/mol. The van der Waals surface area contributed by atoms with Gasteiger partial charge in [-0.1, -0.05) is 0 Å². The average molecular weight is 272 g/mol. The maximum absolute atomic E-state index is 13.7. The lowest BCUT2D eigenvalue weighted by Gasteiger charge is -2.43. The molecule has 1 fully saturated rings. The molecule has 1 aromatic rings. The standard InChI is InChI=1S/C14H19F3N2/c1-14(2,3)19-8-6-18(7-9-19)11-5-4-10(15)12(16)13(11)17/h4-5H,6-9H2,1-3H3. The predicted molar refractivity (Wildman–Crippen MR) is 69.9 cm³/mol. The summed E-state index contributed by atoms with van der Waals surface area (Å²) in [6.07, 6.45) is 0. The van der Waals surface area contributed by atoms with E-state index in [9.17, 15) is 13.2 Å². The van der Waals surface area contributed by atoms with E-state index in [2.05, 4.69) is 25.7 Å². The van der Waals surface area contributed by atoms with Crippen LogP contribution in [0.1, 0.15) is 20.8 Å². The first-order valence-electron chi connectivity index (χ1n) is 6.44. The first-order chi connectivity index (χ1) is 8.80. The van der Waals surface area contributed by atoms with Gasteiger partial charge < -0.3 is 4.90 Å². The molecule has 19 heavy (non-hydrogen) atoms. The van der Waals surface area contributed by atoms with E-state index in [1.165, 1.54) is 6.07 Å². The number of nitrogens with zero attached hydrogens (tertiary/aromatic N) is 2. The summed E-state index contributed by atoms with van der Waals surface area (Å²) < 4.78 is 39.8. The SMILES string of the molecule is CC(C)(C)N1CCN(c2ccc(F)c(F)c2F)CC1. The topological polar surface area (TPSA) is 6.48 Å². The number of hydrogen-bond donors (Lipinski definition) is 0. The second-order valence-electron chi connectivity index (χ2n) is 5.84. The first kappa shape index (κ1) is 14.2. The fourth-order valence-electron chi connectivity index (χ4n) is 2.38. The Morgan fingerprint density at radius 3 is 2.00 bits per heavy atom. The van der Waals surface area contributed by atoms with Crippen molar-refractivity contribution in [2.24, 2.45) is 0 Å². The molecule has 0 unspecified atom stereocenters. The van der Waals surface area contributed by atoms with E-state index < -0.39 is 17.5 Å². The molecule has 0 bridgehead atoms. The Morgan fingerprint density at radius 1 is 0.895 bits per heavy atom. The van der Waals surface area contributed by atoms with Crippen molar-refractivity contribution in [1.82, 2.24) is 4.90 Å². The molecule has 1 aliphatic heterocycles. The zero-order valence-corrected chi connectivity index (χ0v) is 11.5. The predicted octanol–water partition coefficient (Wildman–Crippen LogP) is 3.02. The molecule has 0 radical (unpaired) electrons. The maximum Gasteiger partial charge on any atom is 0.196 e. The molecular formula is C14H19F3N2. The zero-order chi connectivity index (χ0) is 14.2. The van der Waals surface area contributed by atoms with Gasteiger partial charge in [0.2, 0.25) is 0 Å². The van der Waals surface area contributed by atoms with E-state index in [1.54, 1.807) is 4.90 Å². The van der Waals surface area contributed by atoms with Crippen molar-refractivity contribution in [3.8, 4) is 0 Å². The first-order valence-corrected chi connectivity index (χ1v) is 6.44. The van der Waals surface area contributed by atoms with Gasteiger partial charge >= 0.3 is 0 Å². The zero-order valence-electron chi connectivity index (χ0n) is 11.5. The number of anilines is 1. The third-order valence-electron chi connectivity index (χ3n) is 3.58. The Bertz CT molecular complexity index is 460. The fraction of sp³-hybridized carbons (Fsp3) is 0.571. The highest BCUT2D eigenvalue weighted by atomic mass is 19.2. The highest BCUT2D eigenvalue weighted by molar-refractivity contribution is 5.48. The van der Waals surface area contributed by atoms with Crippen LogP contribution in [0.3, 0.4) is 0 Å². The highest BCUT2D eigenvalue weighted by Gasteiger charge is 2.27. The van der Waals surface area contributed by atoms with E-state index in [1.807, 2.05) is 0 Å². The van der Waals surface area contributed by atoms with Gasteiger partial charge in [0.25, 0.3) is 0 Å². The van der Waals surface area contributed by atoms with Crippen LogP contribution in [0.25, 0.3) is 0 Å². The van der Waals surface area contributed by atoms with E-state index in [-0.39, 0.29) is 11.2 Å². The summed E-state index contributed by atoms with van der Waals surface area (Å²) in [5, 5.41) is 0. The molecule has 1 saturated heterocycles. The molecular weight excluding hydrogens is 253 g/mol. The summed E-state index contributed by atoms with van der Waals surface area (Å²) >= 11 is 0. The van der Waals surface area contributed by atoms with Crippen molar-refractivity contribution in [3.05, 3.63) is 29.6 Å². The minimum atomic E-state index is -1.39. The largest absolute Gasteiger partial charge is 0.367 e. The molecule has 0 atom stereocenters. The van der Waals surface area contributed by atoms with Crippen molar-refractivity contribution in [2.75, 3.05) is 31.1 Å². The molecule has 0 spiro atoms. The van der Waals surface area contributed by atoms with Gasteiger partial charge in [0.15, 0.2) is 17.5 Å². The molecule has 2 nitrogen and oxygen atoms in total. The summed E-state index contributed by atoms with van der Waals surface area (Å²) in [7, 11) is 0. The van der Waals surface area contributed by atoms with Crippen LogP contribution in [0.5, 0.6) is 0 Å². The van der Waals surface area contributed by atoms with Gasteiger partial charge in [0.1, 0.15) is 0 Å². The third-order valence-corrected chi connectivity index (χ3v) is 3.58. The molecule has 1 aliphatic rings. The van der Waals surface area contributed by atoms with Crippen LogP contribution in [-0.2, 0) is 0 Å². The smallest absolute Gasteiger partial charge is 0.196 e. The van der Waals surface area contributed by atoms with Crippen molar-refractivity contribution in [3.63, 3.8) is 0 Å². The van der Waals surface area contributed by atoms with E-state index in [0.717, 1.165) is 19.2 Å². The molecule has 0 aliphatic carbocycles. The number of piperazine rings is 1. The Labute approximate surface area is 111 Å². The molecule has 1 aromatic carbocycles.